The third-order valence-electron chi connectivity index (χ3n) is 3.11. The van der Waals surface area contributed by atoms with Crippen molar-refractivity contribution in [2.24, 2.45) is 5.41 Å². The molecule has 98 valence electrons. The Morgan fingerprint density at radius 3 is 2.56 bits per heavy atom. The van der Waals surface area contributed by atoms with Gasteiger partial charge in [0.05, 0.1) is 12.5 Å². The molecule has 0 spiro atoms. The highest BCUT2D eigenvalue weighted by atomic mass is 16.3. The first-order valence-electron chi connectivity index (χ1n) is 6.35. The van der Waals surface area contributed by atoms with Crippen LogP contribution in [0.25, 0.3) is 0 Å². The maximum atomic E-state index is 9.01. The normalized spacial score (nSPS) is 13.0. The van der Waals surface area contributed by atoms with Gasteiger partial charge in [-0.15, -0.1) is 0 Å². The second-order valence-corrected chi connectivity index (χ2v) is 5.34. The van der Waals surface area contributed by atoms with Gasteiger partial charge in [0.1, 0.15) is 0 Å². The summed E-state index contributed by atoms with van der Waals surface area (Å²) < 4.78 is 0. The summed E-state index contributed by atoms with van der Waals surface area (Å²) in [5.41, 5.74) is 1.18. The maximum Gasteiger partial charge on any atom is 0.0641 e. The molecule has 1 aromatic carbocycles. The molecule has 3 nitrogen and oxygen atoms in total. The van der Waals surface area contributed by atoms with Crippen LogP contribution in [0.5, 0.6) is 0 Å². The Bertz CT molecular complexity index is 381. The molecule has 0 amide bonds. The zero-order chi connectivity index (χ0) is 13.4. The third-order valence-corrected chi connectivity index (χ3v) is 3.11. The molecule has 0 aliphatic rings. The molecule has 0 bridgehead atoms. The minimum Gasteiger partial charge on any atom is -0.396 e. The van der Waals surface area contributed by atoms with E-state index >= 15 is 0 Å². The number of aliphatic hydroxyl groups is 1. The highest BCUT2D eigenvalue weighted by Gasteiger charge is 2.19. The summed E-state index contributed by atoms with van der Waals surface area (Å²) in [6.07, 6.45) is 1.22. The first-order valence-corrected chi connectivity index (χ1v) is 6.35. The van der Waals surface area contributed by atoms with Crippen LogP contribution < -0.4 is 5.32 Å². The molecule has 0 radical (unpaired) electrons. The monoisotopic (exact) mass is 246 g/mol. The molecular formula is C15H22N2O. The zero-order valence-electron chi connectivity index (χ0n) is 11.2. The second-order valence-electron chi connectivity index (χ2n) is 5.34. The second kappa shape index (κ2) is 7.15. The summed E-state index contributed by atoms with van der Waals surface area (Å²) in [6.45, 7) is 5.22. The highest BCUT2D eigenvalue weighted by Crippen LogP contribution is 2.22. The van der Waals surface area contributed by atoms with Crippen molar-refractivity contribution in [3.63, 3.8) is 0 Å². The molecule has 0 aromatic heterocycles. The molecule has 1 unspecified atom stereocenters. The van der Waals surface area contributed by atoms with Crippen molar-refractivity contribution in [1.29, 1.82) is 5.26 Å². The number of hydrogen-bond donors (Lipinski definition) is 2. The Kier molecular flexibility index (Phi) is 5.84. The van der Waals surface area contributed by atoms with Gasteiger partial charge in [0.25, 0.3) is 0 Å². The van der Waals surface area contributed by atoms with E-state index in [-0.39, 0.29) is 18.1 Å². The van der Waals surface area contributed by atoms with Crippen LogP contribution in [0.3, 0.4) is 0 Å². The fourth-order valence-corrected chi connectivity index (χ4v) is 1.88. The Morgan fingerprint density at radius 2 is 2.00 bits per heavy atom. The van der Waals surface area contributed by atoms with Gasteiger partial charge in [0.15, 0.2) is 0 Å². The van der Waals surface area contributed by atoms with Gasteiger partial charge in [-0.1, -0.05) is 44.2 Å². The van der Waals surface area contributed by atoms with Crippen LogP contribution in [0, 0.1) is 16.7 Å². The van der Waals surface area contributed by atoms with Crippen molar-refractivity contribution < 1.29 is 5.11 Å². The van der Waals surface area contributed by atoms with Gasteiger partial charge in [-0.25, -0.2) is 0 Å². The maximum absolute atomic E-state index is 9.01. The number of nitrogens with zero attached hydrogens (tertiary/aromatic N) is 1. The summed E-state index contributed by atoms with van der Waals surface area (Å²) in [4.78, 5) is 0. The largest absolute Gasteiger partial charge is 0.396 e. The number of rotatable bonds is 7. The minimum atomic E-state index is 0.0389. The van der Waals surface area contributed by atoms with Gasteiger partial charge in [-0.3, -0.25) is 0 Å². The summed E-state index contributed by atoms with van der Waals surface area (Å²) in [7, 11) is 0. The van der Waals surface area contributed by atoms with E-state index in [9.17, 15) is 0 Å². The lowest BCUT2D eigenvalue weighted by Crippen LogP contribution is -2.33. The van der Waals surface area contributed by atoms with Gasteiger partial charge in [-0.2, -0.15) is 5.26 Å². The molecule has 0 aliphatic heterocycles. The fraction of sp³-hybridized carbons (Fsp3) is 0.533. The van der Waals surface area contributed by atoms with Crippen LogP contribution >= 0.6 is 0 Å². The van der Waals surface area contributed by atoms with E-state index in [1.165, 1.54) is 0 Å². The van der Waals surface area contributed by atoms with Crippen molar-refractivity contribution in [1.82, 2.24) is 5.32 Å². The predicted octanol–water partition coefficient (Wildman–Crippen LogP) is 2.64. The zero-order valence-corrected chi connectivity index (χ0v) is 11.2. The molecule has 1 aromatic rings. The number of aliphatic hydroxyl groups excluding tert-OH is 1. The highest BCUT2D eigenvalue weighted by molar-refractivity contribution is 5.19. The average Bonchev–Trinajstić information content (AvgIpc) is 2.35. The molecule has 1 atom stereocenters. The molecule has 18 heavy (non-hydrogen) atoms. The lowest BCUT2D eigenvalue weighted by molar-refractivity contribution is 0.203. The molecule has 1 rings (SSSR count). The molecule has 2 N–H and O–H groups in total. The lowest BCUT2D eigenvalue weighted by Gasteiger charge is -2.27. The van der Waals surface area contributed by atoms with Crippen molar-refractivity contribution >= 4 is 0 Å². The van der Waals surface area contributed by atoms with Gasteiger partial charge < -0.3 is 10.4 Å². The van der Waals surface area contributed by atoms with Crippen molar-refractivity contribution in [2.75, 3.05) is 13.2 Å². The van der Waals surface area contributed by atoms with Gasteiger partial charge in [0.2, 0.25) is 0 Å². The summed E-state index contributed by atoms with van der Waals surface area (Å²) >= 11 is 0. The van der Waals surface area contributed by atoms with E-state index in [1.54, 1.807) is 0 Å². The van der Waals surface area contributed by atoms with E-state index in [2.05, 4.69) is 25.2 Å². The van der Waals surface area contributed by atoms with Crippen LogP contribution in [-0.2, 0) is 0 Å². The number of nitriles is 1. The average molecular weight is 246 g/mol. The molecule has 0 fully saturated rings. The summed E-state index contributed by atoms with van der Waals surface area (Å²) in [6, 6.07) is 12.3. The Morgan fingerprint density at radius 1 is 1.33 bits per heavy atom. The third kappa shape index (κ3) is 4.87. The van der Waals surface area contributed by atoms with Crippen LogP contribution in [0.1, 0.15) is 38.3 Å². The van der Waals surface area contributed by atoms with Gasteiger partial charge in [-0.05, 0) is 17.4 Å². The molecule has 0 saturated heterocycles. The van der Waals surface area contributed by atoms with Crippen molar-refractivity contribution in [3.8, 4) is 6.07 Å². The Labute approximate surface area is 109 Å². The number of nitrogens with one attached hydrogen (secondary N) is 1. The summed E-state index contributed by atoms with van der Waals surface area (Å²) in [5.74, 6) is 0. The number of hydrogen-bond acceptors (Lipinski definition) is 3. The van der Waals surface area contributed by atoms with Gasteiger partial charge in [0, 0.05) is 19.2 Å². The van der Waals surface area contributed by atoms with Crippen molar-refractivity contribution in [3.05, 3.63) is 35.9 Å². The Hall–Kier alpha value is -1.37. The number of benzene rings is 1. The van der Waals surface area contributed by atoms with Crippen LogP contribution in [-0.4, -0.2) is 18.3 Å². The molecule has 3 heteroatoms. The topological polar surface area (TPSA) is 56.0 Å². The van der Waals surface area contributed by atoms with E-state index in [1.807, 2.05) is 30.3 Å². The lowest BCUT2D eigenvalue weighted by atomic mass is 9.89. The standard InChI is InChI=1S/C15H22N2O/c1-15(2,9-11-18)12-17-14(8-10-16)13-6-4-3-5-7-13/h3-7,14,17-18H,8-9,11-12H2,1-2H3. The smallest absolute Gasteiger partial charge is 0.0641 e. The first kappa shape index (κ1) is 14.7. The molecule has 0 aliphatic carbocycles. The van der Waals surface area contributed by atoms with E-state index in [4.69, 9.17) is 10.4 Å². The molecular weight excluding hydrogens is 224 g/mol. The SMILES string of the molecule is CC(C)(CCO)CNC(CC#N)c1ccccc1. The van der Waals surface area contributed by atoms with Crippen LogP contribution in [0.2, 0.25) is 0 Å². The van der Waals surface area contributed by atoms with E-state index < -0.39 is 0 Å². The van der Waals surface area contributed by atoms with Crippen LogP contribution in [0.15, 0.2) is 30.3 Å². The van der Waals surface area contributed by atoms with Gasteiger partial charge >= 0.3 is 0 Å². The Balaban J connectivity index is 2.62. The van der Waals surface area contributed by atoms with Crippen LogP contribution in [0.4, 0.5) is 0 Å². The first-order chi connectivity index (χ1) is 8.59. The fourth-order valence-electron chi connectivity index (χ4n) is 1.88. The summed E-state index contributed by atoms with van der Waals surface area (Å²) in [5, 5.41) is 21.3. The van der Waals surface area contributed by atoms with Crippen molar-refractivity contribution in [2.45, 2.75) is 32.7 Å². The van der Waals surface area contributed by atoms with E-state index in [0.717, 1.165) is 18.5 Å². The molecule has 0 saturated carbocycles. The molecule has 0 heterocycles. The quantitative estimate of drug-likeness (QED) is 0.777. The minimum absolute atomic E-state index is 0.0389. The van der Waals surface area contributed by atoms with E-state index in [0.29, 0.717) is 6.42 Å². The predicted molar refractivity (Wildman–Crippen MR) is 72.9 cm³/mol.